The van der Waals surface area contributed by atoms with E-state index in [0.717, 1.165) is 0 Å². The molecule has 6 heteroatoms. The Bertz CT molecular complexity index is 481. The molecule has 1 aromatic heterocycles. The maximum atomic E-state index is 12.5. The number of hydrogen-bond acceptors (Lipinski definition) is 5. The topological polar surface area (TPSA) is 63.7 Å². The molecule has 1 amide bonds. The van der Waals surface area contributed by atoms with Crippen LogP contribution in [0.3, 0.4) is 0 Å². The van der Waals surface area contributed by atoms with Crippen LogP contribution in [-0.2, 0) is 9.47 Å². The summed E-state index contributed by atoms with van der Waals surface area (Å²) >= 11 is 0. The molecule has 1 aliphatic rings. The number of methoxy groups -OCH3 is 2. The summed E-state index contributed by atoms with van der Waals surface area (Å²) in [5.41, 5.74) is 0.437. The molecule has 0 aromatic carbocycles. The maximum absolute atomic E-state index is 12.5. The van der Waals surface area contributed by atoms with Crippen molar-refractivity contribution in [3.05, 3.63) is 23.9 Å². The number of carbonyl (C=O) groups excluding carboxylic acids is 1. The van der Waals surface area contributed by atoms with Crippen molar-refractivity contribution in [2.75, 3.05) is 32.6 Å². The number of nitrogens with one attached hydrogen (secondary N) is 1. The van der Waals surface area contributed by atoms with Gasteiger partial charge in [0.25, 0.3) is 5.91 Å². The summed E-state index contributed by atoms with van der Waals surface area (Å²) in [6.45, 7) is 5.11. The molecule has 0 spiro atoms. The van der Waals surface area contributed by atoms with Crippen LogP contribution in [0.2, 0.25) is 0 Å². The molecule has 0 aliphatic carbocycles. The zero-order valence-corrected chi connectivity index (χ0v) is 13.0. The highest BCUT2D eigenvalue weighted by Gasteiger charge is 2.36. The van der Waals surface area contributed by atoms with Crippen molar-refractivity contribution in [1.82, 2.24) is 9.88 Å². The molecule has 1 saturated heterocycles. The fourth-order valence-electron chi connectivity index (χ4n) is 2.45. The van der Waals surface area contributed by atoms with Crippen molar-refractivity contribution in [3.8, 4) is 0 Å². The van der Waals surface area contributed by atoms with Crippen LogP contribution >= 0.6 is 0 Å². The van der Waals surface area contributed by atoms with Gasteiger partial charge in [0.2, 0.25) is 0 Å². The Balaban J connectivity index is 2.10. The number of likely N-dealkylation sites (tertiary alicyclic amines) is 1. The number of hydrogen-bond donors (Lipinski definition) is 1. The Hall–Kier alpha value is -1.66. The summed E-state index contributed by atoms with van der Waals surface area (Å²) in [7, 11) is 3.27. The van der Waals surface area contributed by atoms with E-state index in [1.807, 2.05) is 26.0 Å². The fraction of sp³-hybridized carbons (Fsp3) is 0.600. The second kappa shape index (κ2) is 6.87. The molecule has 1 aromatic rings. The molecular formula is C15H23N3O3. The number of aromatic nitrogens is 1. The Kier molecular flexibility index (Phi) is 5.14. The summed E-state index contributed by atoms with van der Waals surface area (Å²) in [6.07, 6.45) is -0.174. The summed E-state index contributed by atoms with van der Waals surface area (Å²) in [5, 5.41) is 3.20. The third kappa shape index (κ3) is 3.71. The van der Waals surface area contributed by atoms with Gasteiger partial charge in [0, 0.05) is 33.4 Å². The first-order valence-electron chi connectivity index (χ1n) is 7.13. The summed E-state index contributed by atoms with van der Waals surface area (Å²) < 4.78 is 10.7. The Morgan fingerprint density at radius 1 is 1.29 bits per heavy atom. The van der Waals surface area contributed by atoms with Crippen LogP contribution < -0.4 is 5.32 Å². The second-order valence-electron chi connectivity index (χ2n) is 5.47. The van der Waals surface area contributed by atoms with E-state index in [2.05, 4.69) is 10.3 Å². The Morgan fingerprint density at radius 3 is 2.43 bits per heavy atom. The van der Waals surface area contributed by atoms with Crippen molar-refractivity contribution in [1.29, 1.82) is 0 Å². The maximum Gasteiger partial charge on any atom is 0.272 e. The van der Waals surface area contributed by atoms with E-state index >= 15 is 0 Å². The zero-order chi connectivity index (χ0) is 15.4. The molecule has 2 rings (SSSR count). The quantitative estimate of drug-likeness (QED) is 0.889. The number of anilines is 1. The molecule has 21 heavy (non-hydrogen) atoms. The van der Waals surface area contributed by atoms with Crippen molar-refractivity contribution in [3.63, 3.8) is 0 Å². The van der Waals surface area contributed by atoms with Crippen molar-refractivity contribution < 1.29 is 14.3 Å². The van der Waals surface area contributed by atoms with Crippen LogP contribution in [0.1, 0.15) is 24.3 Å². The van der Waals surface area contributed by atoms with Gasteiger partial charge in [-0.05, 0) is 26.0 Å². The Labute approximate surface area is 125 Å². The fourth-order valence-corrected chi connectivity index (χ4v) is 2.45. The molecular weight excluding hydrogens is 270 g/mol. The van der Waals surface area contributed by atoms with E-state index in [0.29, 0.717) is 24.6 Å². The number of nitrogens with zero attached hydrogens (tertiary/aromatic N) is 2. The van der Waals surface area contributed by atoms with Gasteiger partial charge in [-0.1, -0.05) is 6.07 Å². The first-order chi connectivity index (χ1) is 10.0. The van der Waals surface area contributed by atoms with Gasteiger partial charge in [0.05, 0.1) is 0 Å². The molecule has 1 N–H and O–H groups in total. The van der Waals surface area contributed by atoms with Gasteiger partial charge in [0.15, 0.2) is 0 Å². The highest BCUT2D eigenvalue weighted by atomic mass is 16.5. The summed E-state index contributed by atoms with van der Waals surface area (Å²) in [4.78, 5) is 18.6. The molecule has 2 heterocycles. The average Bonchev–Trinajstić information content (AvgIpc) is 2.89. The molecule has 2 unspecified atom stereocenters. The SMILES string of the molecule is COC1CN(C(=O)c2cccc(NC(C)C)n2)CC1OC. The van der Waals surface area contributed by atoms with Crippen LogP contribution in [0.25, 0.3) is 0 Å². The van der Waals surface area contributed by atoms with Crippen molar-refractivity contribution in [2.45, 2.75) is 32.1 Å². The predicted octanol–water partition coefficient (Wildman–Crippen LogP) is 1.39. The predicted molar refractivity (Wildman–Crippen MR) is 80.5 cm³/mol. The first kappa shape index (κ1) is 15.7. The third-order valence-electron chi connectivity index (χ3n) is 3.51. The Morgan fingerprint density at radius 2 is 1.90 bits per heavy atom. The second-order valence-corrected chi connectivity index (χ2v) is 5.47. The number of pyridine rings is 1. The lowest BCUT2D eigenvalue weighted by Crippen LogP contribution is -2.31. The van der Waals surface area contributed by atoms with E-state index in [1.54, 1.807) is 25.2 Å². The van der Waals surface area contributed by atoms with Crippen LogP contribution in [0.15, 0.2) is 18.2 Å². The summed E-state index contributed by atoms with van der Waals surface area (Å²) in [6, 6.07) is 5.69. The minimum atomic E-state index is -0.0935. The first-order valence-corrected chi connectivity index (χ1v) is 7.13. The van der Waals surface area contributed by atoms with Gasteiger partial charge in [-0.2, -0.15) is 0 Å². The van der Waals surface area contributed by atoms with Crippen molar-refractivity contribution >= 4 is 11.7 Å². The van der Waals surface area contributed by atoms with Crippen LogP contribution in [0, 0.1) is 0 Å². The van der Waals surface area contributed by atoms with Crippen LogP contribution in [0.5, 0.6) is 0 Å². The minimum Gasteiger partial charge on any atom is -0.377 e. The minimum absolute atomic E-state index is 0.0871. The van der Waals surface area contributed by atoms with Crippen molar-refractivity contribution in [2.24, 2.45) is 0 Å². The van der Waals surface area contributed by atoms with Gasteiger partial charge in [-0.15, -0.1) is 0 Å². The van der Waals surface area contributed by atoms with Gasteiger partial charge < -0.3 is 19.7 Å². The van der Waals surface area contributed by atoms with Gasteiger partial charge in [0.1, 0.15) is 23.7 Å². The molecule has 1 aliphatic heterocycles. The lowest BCUT2D eigenvalue weighted by Gasteiger charge is -2.16. The van der Waals surface area contributed by atoms with Crippen LogP contribution in [0.4, 0.5) is 5.82 Å². The molecule has 2 atom stereocenters. The molecule has 0 radical (unpaired) electrons. The van der Waals surface area contributed by atoms with E-state index in [1.165, 1.54) is 0 Å². The monoisotopic (exact) mass is 293 g/mol. The lowest BCUT2D eigenvalue weighted by atomic mass is 10.3. The van der Waals surface area contributed by atoms with E-state index in [-0.39, 0.29) is 24.2 Å². The molecule has 6 nitrogen and oxygen atoms in total. The largest absolute Gasteiger partial charge is 0.377 e. The average molecular weight is 293 g/mol. The number of carbonyl (C=O) groups is 1. The summed E-state index contributed by atoms with van der Waals surface area (Å²) in [5.74, 6) is 0.616. The van der Waals surface area contributed by atoms with Crippen LogP contribution in [-0.4, -0.2) is 61.3 Å². The van der Waals surface area contributed by atoms with Gasteiger partial charge >= 0.3 is 0 Å². The molecule has 116 valence electrons. The van der Waals surface area contributed by atoms with E-state index in [4.69, 9.17) is 9.47 Å². The van der Waals surface area contributed by atoms with Gasteiger partial charge in [-0.3, -0.25) is 4.79 Å². The molecule has 0 saturated carbocycles. The van der Waals surface area contributed by atoms with Gasteiger partial charge in [-0.25, -0.2) is 4.98 Å². The van der Waals surface area contributed by atoms with E-state index < -0.39 is 0 Å². The molecule has 1 fully saturated rings. The normalized spacial score (nSPS) is 21.9. The smallest absolute Gasteiger partial charge is 0.272 e. The third-order valence-corrected chi connectivity index (χ3v) is 3.51. The highest BCUT2D eigenvalue weighted by Crippen LogP contribution is 2.18. The number of rotatable bonds is 5. The number of ether oxygens (including phenoxy) is 2. The zero-order valence-electron chi connectivity index (χ0n) is 13.0. The lowest BCUT2D eigenvalue weighted by molar-refractivity contribution is -0.00461. The molecule has 0 bridgehead atoms. The standard InChI is InChI=1S/C15H23N3O3/c1-10(2)16-14-7-5-6-11(17-14)15(19)18-8-12(20-3)13(9-18)21-4/h5-7,10,12-13H,8-9H2,1-4H3,(H,16,17). The highest BCUT2D eigenvalue weighted by molar-refractivity contribution is 5.93. The van der Waals surface area contributed by atoms with E-state index in [9.17, 15) is 4.79 Å². The number of amides is 1.